The van der Waals surface area contributed by atoms with Crippen molar-refractivity contribution < 1.29 is 13.9 Å². The van der Waals surface area contributed by atoms with Gasteiger partial charge < -0.3 is 5.11 Å². The van der Waals surface area contributed by atoms with Gasteiger partial charge in [0.25, 0.3) is 0 Å². The van der Waals surface area contributed by atoms with E-state index in [0.717, 1.165) is 12.0 Å². The van der Waals surface area contributed by atoms with Crippen LogP contribution in [0.5, 0.6) is 0 Å². The normalized spacial score (nSPS) is 12.4. The van der Waals surface area contributed by atoms with E-state index in [4.69, 9.17) is 0 Å². The maximum absolute atomic E-state index is 13.5. The van der Waals surface area contributed by atoms with Crippen LogP contribution in [0.4, 0.5) is 8.78 Å². The fraction of sp³-hybridized carbons (Fsp3) is 0.250. The molecule has 0 radical (unpaired) electrons. The second-order valence-electron chi connectivity index (χ2n) is 4.52. The highest BCUT2D eigenvalue weighted by molar-refractivity contribution is 5.28. The predicted molar refractivity (Wildman–Crippen MR) is 70.8 cm³/mol. The van der Waals surface area contributed by atoms with Crippen molar-refractivity contribution in [3.8, 4) is 0 Å². The summed E-state index contributed by atoms with van der Waals surface area (Å²) in [6.45, 7) is 2.02. The number of aliphatic hydroxyl groups excluding tert-OH is 1. The first-order chi connectivity index (χ1) is 9.11. The second kappa shape index (κ2) is 5.93. The van der Waals surface area contributed by atoms with Crippen molar-refractivity contribution in [2.24, 2.45) is 0 Å². The third kappa shape index (κ3) is 3.18. The molecule has 0 fully saturated rings. The van der Waals surface area contributed by atoms with Crippen LogP contribution in [0.1, 0.15) is 29.7 Å². The number of aliphatic hydroxyl groups is 1. The molecule has 0 amide bonds. The lowest BCUT2D eigenvalue weighted by molar-refractivity contribution is 0.175. The van der Waals surface area contributed by atoms with Gasteiger partial charge in [0, 0.05) is 12.0 Å². The van der Waals surface area contributed by atoms with Gasteiger partial charge in [0.2, 0.25) is 0 Å². The Morgan fingerprint density at radius 3 is 2.32 bits per heavy atom. The van der Waals surface area contributed by atoms with Crippen LogP contribution >= 0.6 is 0 Å². The van der Waals surface area contributed by atoms with E-state index in [9.17, 15) is 13.9 Å². The smallest absolute Gasteiger partial charge is 0.129 e. The predicted octanol–water partition coefficient (Wildman–Crippen LogP) is 3.80. The van der Waals surface area contributed by atoms with Crippen molar-refractivity contribution in [3.05, 3.63) is 70.8 Å². The number of benzene rings is 2. The van der Waals surface area contributed by atoms with Crippen LogP contribution < -0.4 is 0 Å². The summed E-state index contributed by atoms with van der Waals surface area (Å²) in [4.78, 5) is 0. The minimum absolute atomic E-state index is 0.0638. The van der Waals surface area contributed by atoms with E-state index < -0.39 is 17.7 Å². The van der Waals surface area contributed by atoms with Gasteiger partial charge in [-0.1, -0.05) is 37.3 Å². The van der Waals surface area contributed by atoms with Gasteiger partial charge in [-0.3, -0.25) is 0 Å². The molecule has 19 heavy (non-hydrogen) atoms. The minimum Gasteiger partial charge on any atom is -0.388 e. The SMILES string of the molecule is CCc1cccc(C(O)Cc2c(F)cccc2F)c1. The molecule has 0 spiro atoms. The highest BCUT2D eigenvalue weighted by atomic mass is 19.1. The average Bonchev–Trinajstić information content (AvgIpc) is 2.43. The lowest BCUT2D eigenvalue weighted by Gasteiger charge is -2.13. The van der Waals surface area contributed by atoms with Crippen LogP contribution in [0, 0.1) is 11.6 Å². The van der Waals surface area contributed by atoms with Gasteiger partial charge in [-0.2, -0.15) is 0 Å². The summed E-state index contributed by atoms with van der Waals surface area (Å²) in [5.41, 5.74) is 1.70. The van der Waals surface area contributed by atoms with Gasteiger partial charge in [0.05, 0.1) is 6.10 Å². The highest BCUT2D eigenvalue weighted by Crippen LogP contribution is 2.23. The van der Waals surface area contributed by atoms with Crippen LogP contribution in [-0.4, -0.2) is 5.11 Å². The molecule has 0 aliphatic carbocycles. The zero-order valence-corrected chi connectivity index (χ0v) is 10.7. The first-order valence-corrected chi connectivity index (χ1v) is 6.31. The largest absolute Gasteiger partial charge is 0.388 e. The highest BCUT2D eigenvalue weighted by Gasteiger charge is 2.15. The zero-order valence-electron chi connectivity index (χ0n) is 10.7. The molecular weight excluding hydrogens is 246 g/mol. The van der Waals surface area contributed by atoms with Crippen molar-refractivity contribution in [1.82, 2.24) is 0 Å². The number of hydrogen-bond donors (Lipinski definition) is 1. The number of rotatable bonds is 4. The maximum Gasteiger partial charge on any atom is 0.129 e. The molecule has 3 heteroatoms. The molecule has 100 valence electrons. The Labute approximate surface area is 111 Å². The summed E-state index contributed by atoms with van der Waals surface area (Å²) < 4.78 is 27.0. The van der Waals surface area contributed by atoms with Gasteiger partial charge in [-0.15, -0.1) is 0 Å². The topological polar surface area (TPSA) is 20.2 Å². The molecule has 0 aromatic heterocycles. The molecule has 1 nitrogen and oxygen atoms in total. The fourth-order valence-corrected chi connectivity index (χ4v) is 2.06. The van der Waals surface area contributed by atoms with Crippen LogP contribution in [0.2, 0.25) is 0 Å². The van der Waals surface area contributed by atoms with Gasteiger partial charge >= 0.3 is 0 Å². The molecule has 2 rings (SSSR count). The summed E-state index contributed by atoms with van der Waals surface area (Å²) in [7, 11) is 0. The quantitative estimate of drug-likeness (QED) is 0.888. The molecule has 2 aromatic carbocycles. The molecule has 1 N–H and O–H groups in total. The molecule has 2 aromatic rings. The summed E-state index contributed by atoms with van der Waals surface area (Å²) in [6.07, 6.45) is -0.113. The lowest BCUT2D eigenvalue weighted by Crippen LogP contribution is -2.06. The van der Waals surface area contributed by atoms with Gasteiger partial charge in [-0.25, -0.2) is 8.78 Å². The van der Waals surface area contributed by atoms with E-state index in [1.54, 1.807) is 6.07 Å². The van der Waals surface area contributed by atoms with E-state index in [1.807, 2.05) is 25.1 Å². The first-order valence-electron chi connectivity index (χ1n) is 6.31. The molecule has 1 atom stereocenters. The molecule has 0 heterocycles. The summed E-state index contributed by atoms with van der Waals surface area (Å²) in [5, 5.41) is 10.1. The van der Waals surface area contributed by atoms with Gasteiger partial charge in [-0.05, 0) is 29.7 Å². The van der Waals surface area contributed by atoms with E-state index in [-0.39, 0.29) is 12.0 Å². The Hall–Kier alpha value is -1.74. The molecule has 0 saturated heterocycles. The van der Waals surface area contributed by atoms with E-state index in [0.29, 0.717) is 5.56 Å². The third-order valence-corrected chi connectivity index (χ3v) is 3.20. The lowest BCUT2D eigenvalue weighted by atomic mass is 9.98. The van der Waals surface area contributed by atoms with Crippen LogP contribution in [0.15, 0.2) is 42.5 Å². The Balaban J connectivity index is 2.23. The van der Waals surface area contributed by atoms with Gasteiger partial charge in [0.15, 0.2) is 0 Å². The fourth-order valence-electron chi connectivity index (χ4n) is 2.06. The monoisotopic (exact) mass is 262 g/mol. The Morgan fingerprint density at radius 2 is 1.68 bits per heavy atom. The summed E-state index contributed by atoms with van der Waals surface area (Å²) in [6, 6.07) is 11.2. The standard InChI is InChI=1S/C16H16F2O/c1-2-11-5-3-6-12(9-11)16(19)10-13-14(17)7-4-8-15(13)18/h3-9,16,19H,2,10H2,1H3. The molecule has 0 aliphatic rings. The van der Waals surface area contributed by atoms with E-state index in [2.05, 4.69) is 0 Å². The third-order valence-electron chi connectivity index (χ3n) is 3.20. The maximum atomic E-state index is 13.5. The van der Waals surface area contributed by atoms with Crippen molar-refractivity contribution in [1.29, 1.82) is 0 Å². The minimum atomic E-state index is -0.905. The Morgan fingerprint density at radius 1 is 1.05 bits per heavy atom. The Kier molecular flexibility index (Phi) is 4.27. The molecule has 0 bridgehead atoms. The first kappa shape index (κ1) is 13.7. The van der Waals surface area contributed by atoms with Crippen LogP contribution in [-0.2, 0) is 12.8 Å². The second-order valence-corrected chi connectivity index (χ2v) is 4.52. The number of hydrogen-bond acceptors (Lipinski definition) is 1. The molecule has 0 saturated carbocycles. The van der Waals surface area contributed by atoms with Crippen LogP contribution in [0.25, 0.3) is 0 Å². The van der Waals surface area contributed by atoms with Crippen molar-refractivity contribution in [2.75, 3.05) is 0 Å². The average molecular weight is 262 g/mol. The number of halogens is 2. The van der Waals surface area contributed by atoms with Crippen molar-refractivity contribution in [3.63, 3.8) is 0 Å². The summed E-state index contributed by atoms with van der Waals surface area (Å²) in [5.74, 6) is -1.24. The molecule has 0 aliphatic heterocycles. The summed E-state index contributed by atoms with van der Waals surface area (Å²) >= 11 is 0. The van der Waals surface area contributed by atoms with E-state index in [1.165, 1.54) is 18.2 Å². The molecular formula is C16H16F2O. The zero-order chi connectivity index (χ0) is 13.8. The molecule has 1 unspecified atom stereocenters. The Bertz CT molecular complexity index is 546. The number of aryl methyl sites for hydroxylation is 1. The van der Waals surface area contributed by atoms with Crippen LogP contribution in [0.3, 0.4) is 0 Å². The van der Waals surface area contributed by atoms with E-state index >= 15 is 0 Å². The van der Waals surface area contributed by atoms with Gasteiger partial charge in [0.1, 0.15) is 11.6 Å². The van der Waals surface area contributed by atoms with Crippen molar-refractivity contribution >= 4 is 0 Å². The van der Waals surface area contributed by atoms with Crippen molar-refractivity contribution in [2.45, 2.75) is 25.9 Å².